The zero-order valence-corrected chi connectivity index (χ0v) is 8.01. The van der Waals surface area contributed by atoms with Crippen molar-refractivity contribution in [1.82, 2.24) is 9.55 Å². The van der Waals surface area contributed by atoms with Gasteiger partial charge >= 0.3 is 0 Å². The number of hydrazine groups is 1. The van der Waals surface area contributed by atoms with Gasteiger partial charge in [0.15, 0.2) is 0 Å². The van der Waals surface area contributed by atoms with Crippen LogP contribution in [0.1, 0.15) is 0 Å². The van der Waals surface area contributed by atoms with E-state index in [1.54, 1.807) is 0 Å². The molecule has 1 heterocycles. The number of rotatable bonds is 1. The number of nitrogens with two attached hydrogens (primary N) is 1. The lowest BCUT2D eigenvalue weighted by Crippen LogP contribution is -2.11. The number of fused-ring (bicyclic) bond motifs is 1. The number of aryl methyl sites for hydroxylation is 1. The summed E-state index contributed by atoms with van der Waals surface area (Å²) in [6, 6.07) is 7.89. The quantitative estimate of drug-likeness (QED) is 0.536. The van der Waals surface area contributed by atoms with Gasteiger partial charge in [0.25, 0.3) is 0 Å². The first-order valence-electron chi connectivity index (χ1n) is 3.71. The molecule has 0 unspecified atom stereocenters. The predicted molar refractivity (Wildman–Crippen MR) is 55.8 cm³/mol. The van der Waals surface area contributed by atoms with Crippen LogP contribution < -0.4 is 11.3 Å². The van der Waals surface area contributed by atoms with Gasteiger partial charge < -0.3 is 4.57 Å². The Morgan fingerprint density at radius 2 is 2.08 bits per heavy atom. The van der Waals surface area contributed by atoms with Crippen molar-refractivity contribution in [2.45, 2.75) is 0 Å². The van der Waals surface area contributed by atoms with E-state index in [1.165, 1.54) is 0 Å². The summed E-state index contributed by atoms with van der Waals surface area (Å²) in [4.78, 5) is 4.26. The van der Waals surface area contributed by atoms with E-state index in [1.807, 2.05) is 35.9 Å². The minimum absolute atomic E-state index is 0. The summed E-state index contributed by atoms with van der Waals surface area (Å²) in [7, 11) is 1.92. The first-order chi connectivity index (χ1) is 5.83. The van der Waals surface area contributed by atoms with Crippen molar-refractivity contribution < 1.29 is 0 Å². The van der Waals surface area contributed by atoms with Crippen LogP contribution in [0.5, 0.6) is 0 Å². The summed E-state index contributed by atoms with van der Waals surface area (Å²) in [5.41, 5.74) is 4.56. The summed E-state index contributed by atoms with van der Waals surface area (Å²) in [5, 5.41) is 0. The van der Waals surface area contributed by atoms with E-state index >= 15 is 0 Å². The van der Waals surface area contributed by atoms with Crippen molar-refractivity contribution in [3.05, 3.63) is 24.3 Å². The lowest BCUT2D eigenvalue weighted by atomic mass is 10.3. The standard InChI is InChI=1S/C8H10N4.ClH/c1-12-7-5-3-2-4-6(7)10-8(12)11-9;/h2-5H,9H2,1H3,(H,10,11);1H. The average molecular weight is 199 g/mol. The van der Waals surface area contributed by atoms with Crippen LogP contribution in [0.4, 0.5) is 5.95 Å². The number of aromatic nitrogens is 2. The van der Waals surface area contributed by atoms with Gasteiger partial charge in [-0.2, -0.15) is 0 Å². The summed E-state index contributed by atoms with van der Waals surface area (Å²) in [5.74, 6) is 5.96. The van der Waals surface area contributed by atoms with Crippen LogP contribution in [0.25, 0.3) is 11.0 Å². The number of nitrogen functional groups attached to an aromatic ring is 1. The number of para-hydroxylation sites is 2. The number of benzene rings is 1. The highest BCUT2D eigenvalue weighted by Gasteiger charge is 2.03. The first kappa shape index (κ1) is 9.83. The van der Waals surface area contributed by atoms with Gasteiger partial charge in [-0.25, -0.2) is 10.8 Å². The lowest BCUT2D eigenvalue weighted by molar-refractivity contribution is 0.942. The highest BCUT2D eigenvalue weighted by Crippen LogP contribution is 2.16. The number of halogens is 1. The van der Waals surface area contributed by atoms with Gasteiger partial charge in [-0.05, 0) is 12.1 Å². The monoisotopic (exact) mass is 198 g/mol. The average Bonchev–Trinajstić information content (AvgIpc) is 2.44. The molecule has 0 amide bonds. The molecule has 0 saturated carbocycles. The zero-order chi connectivity index (χ0) is 8.55. The maximum Gasteiger partial charge on any atom is 0.218 e. The first-order valence-corrected chi connectivity index (χ1v) is 3.71. The topological polar surface area (TPSA) is 55.9 Å². The smallest absolute Gasteiger partial charge is 0.218 e. The summed E-state index contributed by atoms with van der Waals surface area (Å²) >= 11 is 0. The molecule has 5 heteroatoms. The van der Waals surface area contributed by atoms with Crippen molar-refractivity contribution in [2.24, 2.45) is 12.9 Å². The Morgan fingerprint density at radius 1 is 1.38 bits per heavy atom. The van der Waals surface area contributed by atoms with E-state index in [0.29, 0.717) is 5.95 Å². The number of nitrogens with one attached hydrogen (secondary N) is 1. The molecule has 1 aromatic carbocycles. The van der Waals surface area contributed by atoms with Crippen molar-refractivity contribution in [2.75, 3.05) is 5.43 Å². The molecule has 0 atom stereocenters. The minimum atomic E-state index is 0. The van der Waals surface area contributed by atoms with Gasteiger partial charge in [-0.3, -0.25) is 5.43 Å². The summed E-state index contributed by atoms with van der Waals surface area (Å²) < 4.78 is 1.91. The zero-order valence-electron chi connectivity index (χ0n) is 7.19. The van der Waals surface area contributed by atoms with E-state index in [0.717, 1.165) is 11.0 Å². The van der Waals surface area contributed by atoms with Crippen LogP contribution in [0.3, 0.4) is 0 Å². The molecule has 0 bridgehead atoms. The lowest BCUT2D eigenvalue weighted by Gasteiger charge is -1.98. The highest BCUT2D eigenvalue weighted by molar-refractivity contribution is 5.85. The van der Waals surface area contributed by atoms with Crippen LogP contribution in [0.2, 0.25) is 0 Å². The fourth-order valence-electron chi connectivity index (χ4n) is 1.27. The van der Waals surface area contributed by atoms with E-state index in [4.69, 9.17) is 5.84 Å². The second kappa shape index (κ2) is 3.64. The Hall–Kier alpha value is -1.26. The maximum absolute atomic E-state index is 5.28. The van der Waals surface area contributed by atoms with E-state index in [-0.39, 0.29) is 12.4 Å². The second-order valence-corrected chi connectivity index (χ2v) is 2.63. The van der Waals surface area contributed by atoms with Gasteiger partial charge in [0, 0.05) is 7.05 Å². The molecule has 0 spiro atoms. The Bertz CT molecular complexity index is 409. The molecule has 2 aromatic rings. The third-order valence-electron chi connectivity index (χ3n) is 1.92. The molecule has 0 aliphatic rings. The fourth-order valence-corrected chi connectivity index (χ4v) is 1.27. The van der Waals surface area contributed by atoms with E-state index < -0.39 is 0 Å². The molecule has 1 aromatic heterocycles. The van der Waals surface area contributed by atoms with E-state index in [9.17, 15) is 0 Å². The van der Waals surface area contributed by atoms with Crippen LogP contribution in [0.15, 0.2) is 24.3 Å². The molecule has 0 fully saturated rings. The molecule has 0 aliphatic carbocycles. The summed E-state index contributed by atoms with van der Waals surface area (Å²) in [6.07, 6.45) is 0. The van der Waals surface area contributed by atoms with Crippen LogP contribution in [-0.4, -0.2) is 9.55 Å². The molecule has 4 nitrogen and oxygen atoms in total. The number of hydrogen-bond donors (Lipinski definition) is 2. The Balaban J connectivity index is 0.000000845. The summed E-state index contributed by atoms with van der Waals surface area (Å²) in [6.45, 7) is 0. The predicted octanol–water partition coefficient (Wildman–Crippen LogP) is 1.28. The van der Waals surface area contributed by atoms with Crippen LogP contribution in [-0.2, 0) is 7.05 Å². The van der Waals surface area contributed by atoms with Crippen molar-refractivity contribution in [3.63, 3.8) is 0 Å². The van der Waals surface area contributed by atoms with Crippen molar-refractivity contribution in [3.8, 4) is 0 Å². The molecule has 70 valence electrons. The Kier molecular flexibility index (Phi) is 2.75. The Labute approximate surface area is 82.1 Å². The SMILES string of the molecule is Cl.Cn1c(NN)nc2ccccc21. The van der Waals surface area contributed by atoms with Gasteiger partial charge in [-0.15, -0.1) is 12.4 Å². The molecule has 13 heavy (non-hydrogen) atoms. The molecular weight excluding hydrogens is 188 g/mol. The molecule has 0 radical (unpaired) electrons. The number of imidazole rings is 1. The molecule has 2 rings (SSSR count). The van der Waals surface area contributed by atoms with Crippen molar-refractivity contribution >= 4 is 29.4 Å². The third kappa shape index (κ3) is 1.46. The van der Waals surface area contributed by atoms with Crippen LogP contribution in [0, 0.1) is 0 Å². The number of hydrogen-bond acceptors (Lipinski definition) is 3. The largest absolute Gasteiger partial charge is 0.312 e. The number of anilines is 1. The minimum Gasteiger partial charge on any atom is -0.312 e. The van der Waals surface area contributed by atoms with Gasteiger partial charge in [0.05, 0.1) is 11.0 Å². The normalized spacial score (nSPS) is 9.69. The molecular formula is C8H11ClN4. The molecule has 0 saturated heterocycles. The fraction of sp³-hybridized carbons (Fsp3) is 0.125. The highest BCUT2D eigenvalue weighted by atomic mass is 35.5. The second-order valence-electron chi connectivity index (χ2n) is 2.63. The van der Waals surface area contributed by atoms with Crippen LogP contribution >= 0.6 is 12.4 Å². The third-order valence-corrected chi connectivity index (χ3v) is 1.92. The molecule has 0 aliphatic heterocycles. The van der Waals surface area contributed by atoms with Crippen molar-refractivity contribution in [1.29, 1.82) is 0 Å². The Morgan fingerprint density at radius 3 is 2.69 bits per heavy atom. The molecule has 3 N–H and O–H groups in total. The number of nitrogens with zero attached hydrogens (tertiary/aromatic N) is 2. The van der Waals surface area contributed by atoms with E-state index in [2.05, 4.69) is 10.4 Å². The maximum atomic E-state index is 5.28. The van der Waals surface area contributed by atoms with Gasteiger partial charge in [-0.1, -0.05) is 12.1 Å². The van der Waals surface area contributed by atoms with Gasteiger partial charge in [0.1, 0.15) is 0 Å². The van der Waals surface area contributed by atoms with Gasteiger partial charge in [0.2, 0.25) is 5.95 Å².